The SMILES string of the molecule is CCCCCCCCC(N)c1ccc(Cl)s1. The van der Waals surface area contributed by atoms with Crippen molar-refractivity contribution in [3.05, 3.63) is 21.3 Å². The Hall–Kier alpha value is -0.0500. The summed E-state index contributed by atoms with van der Waals surface area (Å²) in [5.41, 5.74) is 6.10. The number of hydrogen-bond acceptors (Lipinski definition) is 2. The van der Waals surface area contributed by atoms with Gasteiger partial charge in [-0.25, -0.2) is 0 Å². The van der Waals surface area contributed by atoms with Crippen molar-refractivity contribution in [3.8, 4) is 0 Å². The predicted octanol–water partition coefficient (Wildman–Crippen LogP) is 5.15. The highest BCUT2D eigenvalue weighted by atomic mass is 35.5. The summed E-state index contributed by atoms with van der Waals surface area (Å²) in [6, 6.07) is 4.17. The van der Waals surface area contributed by atoms with Crippen molar-refractivity contribution < 1.29 is 0 Å². The third-order valence-corrected chi connectivity index (χ3v) is 4.19. The van der Waals surface area contributed by atoms with Crippen LogP contribution in [-0.2, 0) is 0 Å². The fourth-order valence-electron chi connectivity index (χ4n) is 1.81. The van der Waals surface area contributed by atoms with E-state index in [0.717, 1.165) is 10.8 Å². The molecule has 1 nitrogen and oxygen atoms in total. The topological polar surface area (TPSA) is 26.0 Å². The first kappa shape index (κ1) is 14.0. The molecular formula is C13H22ClNS. The molecule has 0 amide bonds. The minimum absolute atomic E-state index is 0.184. The molecule has 0 fully saturated rings. The maximum atomic E-state index is 6.10. The van der Waals surface area contributed by atoms with Gasteiger partial charge in [-0.3, -0.25) is 0 Å². The van der Waals surface area contributed by atoms with E-state index < -0.39 is 0 Å². The molecule has 16 heavy (non-hydrogen) atoms. The lowest BCUT2D eigenvalue weighted by Gasteiger charge is -2.08. The maximum Gasteiger partial charge on any atom is 0.0931 e. The lowest BCUT2D eigenvalue weighted by molar-refractivity contribution is 0.551. The summed E-state index contributed by atoms with van der Waals surface area (Å²) in [7, 11) is 0. The number of rotatable bonds is 8. The third kappa shape index (κ3) is 5.33. The van der Waals surface area contributed by atoms with Gasteiger partial charge in [-0.05, 0) is 18.6 Å². The molecule has 2 N–H and O–H groups in total. The Balaban J connectivity index is 2.09. The van der Waals surface area contributed by atoms with Gasteiger partial charge in [-0.2, -0.15) is 0 Å². The number of halogens is 1. The number of hydrogen-bond donors (Lipinski definition) is 1. The highest BCUT2D eigenvalue weighted by Gasteiger charge is 2.07. The van der Waals surface area contributed by atoms with Crippen LogP contribution in [0.15, 0.2) is 12.1 Å². The zero-order valence-electron chi connectivity index (χ0n) is 10.0. The Morgan fingerprint density at radius 1 is 1.19 bits per heavy atom. The van der Waals surface area contributed by atoms with Crippen LogP contribution in [0.4, 0.5) is 0 Å². The van der Waals surface area contributed by atoms with Crippen LogP contribution in [0.3, 0.4) is 0 Å². The van der Waals surface area contributed by atoms with Gasteiger partial charge in [0, 0.05) is 10.9 Å². The lowest BCUT2D eigenvalue weighted by atomic mass is 10.1. The van der Waals surface area contributed by atoms with Crippen molar-refractivity contribution in [1.29, 1.82) is 0 Å². The minimum Gasteiger partial charge on any atom is -0.323 e. The van der Waals surface area contributed by atoms with Crippen molar-refractivity contribution in [2.45, 2.75) is 57.9 Å². The minimum atomic E-state index is 0.184. The van der Waals surface area contributed by atoms with Gasteiger partial charge in [0.1, 0.15) is 0 Å². The van der Waals surface area contributed by atoms with E-state index in [9.17, 15) is 0 Å². The second-order valence-corrected chi connectivity index (χ2v) is 6.05. The standard InChI is InChI=1S/C13H22ClNS/c1-2-3-4-5-6-7-8-11(15)12-9-10-13(14)16-12/h9-11H,2-8,15H2,1H3. The Labute approximate surface area is 108 Å². The normalized spacial score (nSPS) is 12.9. The van der Waals surface area contributed by atoms with Crippen LogP contribution in [0.1, 0.15) is 62.8 Å². The molecular weight excluding hydrogens is 238 g/mol. The van der Waals surface area contributed by atoms with Crippen molar-refractivity contribution in [2.24, 2.45) is 5.73 Å². The summed E-state index contributed by atoms with van der Waals surface area (Å²) >= 11 is 7.49. The fourth-order valence-corrected chi connectivity index (χ4v) is 2.91. The average molecular weight is 260 g/mol. The summed E-state index contributed by atoms with van der Waals surface area (Å²) in [5, 5.41) is 0. The zero-order chi connectivity index (χ0) is 11.8. The molecule has 0 radical (unpaired) electrons. The molecule has 1 heterocycles. The van der Waals surface area contributed by atoms with Gasteiger partial charge in [0.05, 0.1) is 4.34 Å². The van der Waals surface area contributed by atoms with Crippen LogP contribution in [0.25, 0.3) is 0 Å². The molecule has 3 heteroatoms. The molecule has 0 saturated heterocycles. The van der Waals surface area contributed by atoms with Crippen LogP contribution in [0, 0.1) is 0 Å². The monoisotopic (exact) mass is 259 g/mol. The van der Waals surface area contributed by atoms with Gasteiger partial charge in [0.25, 0.3) is 0 Å². The van der Waals surface area contributed by atoms with E-state index in [1.807, 2.05) is 6.07 Å². The molecule has 1 aromatic heterocycles. The van der Waals surface area contributed by atoms with Gasteiger partial charge in [-0.15, -0.1) is 11.3 Å². The molecule has 0 aliphatic rings. The van der Waals surface area contributed by atoms with Crippen molar-refractivity contribution in [1.82, 2.24) is 0 Å². The molecule has 1 rings (SSSR count). The fraction of sp³-hybridized carbons (Fsp3) is 0.692. The maximum absolute atomic E-state index is 6.10. The molecule has 0 spiro atoms. The first-order valence-electron chi connectivity index (χ1n) is 6.25. The van der Waals surface area contributed by atoms with Gasteiger partial charge in [0.2, 0.25) is 0 Å². The summed E-state index contributed by atoms with van der Waals surface area (Å²) in [4.78, 5) is 1.22. The largest absolute Gasteiger partial charge is 0.323 e. The van der Waals surface area contributed by atoms with Gasteiger partial charge in [-0.1, -0.05) is 57.0 Å². The zero-order valence-corrected chi connectivity index (χ0v) is 11.6. The first-order chi connectivity index (χ1) is 7.74. The first-order valence-corrected chi connectivity index (χ1v) is 7.44. The van der Waals surface area contributed by atoms with Gasteiger partial charge >= 0.3 is 0 Å². The van der Waals surface area contributed by atoms with Crippen LogP contribution < -0.4 is 5.73 Å². The number of thiophene rings is 1. The van der Waals surface area contributed by atoms with Gasteiger partial charge < -0.3 is 5.73 Å². The molecule has 0 bridgehead atoms. The number of unbranched alkanes of at least 4 members (excludes halogenated alkanes) is 5. The molecule has 0 aliphatic carbocycles. The van der Waals surface area contributed by atoms with Crippen LogP contribution >= 0.6 is 22.9 Å². The number of nitrogens with two attached hydrogens (primary N) is 1. The van der Waals surface area contributed by atoms with Gasteiger partial charge in [0.15, 0.2) is 0 Å². The summed E-state index contributed by atoms with van der Waals surface area (Å²) in [5.74, 6) is 0. The van der Waals surface area contributed by atoms with E-state index in [1.54, 1.807) is 11.3 Å². The van der Waals surface area contributed by atoms with E-state index in [0.29, 0.717) is 0 Å². The third-order valence-electron chi connectivity index (χ3n) is 2.83. The highest BCUT2D eigenvalue weighted by Crippen LogP contribution is 2.28. The Morgan fingerprint density at radius 2 is 1.88 bits per heavy atom. The Bertz CT molecular complexity index is 285. The Morgan fingerprint density at radius 3 is 2.50 bits per heavy atom. The summed E-state index contributed by atoms with van der Waals surface area (Å²) in [6.45, 7) is 2.25. The quantitative estimate of drug-likeness (QED) is 0.642. The molecule has 1 atom stereocenters. The van der Waals surface area contributed by atoms with Crippen LogP contribution in [-0.4, -0.2) is 0 Å². The van der Waals surface area contributed by atoms with Crippen molar-refractivity contribution in [2.75, 3.05) is 0 Å². The predicted molar refractivity (Wildman–Crippen MR) is 74.3 cm³/mol. The van der Waals surface area contributed by atoms with E-state index in [1.165, 1.54) is 43.4 Å². The van der Waals surface area contributed by atoms with E-state index in [4.69, 9.17) is 17.3 Å². The van der Waals surface area contributed by atoms with Crippen molar-refractivity contribution in [3.63, 3.8) is 0 Å². The van der Waals surface area contributed by atoms with E-state index in [2.05, 4.69) is 13.0 Å². The molecule has 0 aliphatic heterocycles. The second kappa shape index (κ2) is 8.10. The Kier molecular flexibility index (Phi) is 7.10. The molecule has 0 aromatic carbocycles. The van der Waals surface area contributed by atoms with Crippen molar-refractivity contribution >= 4 is 22.9 Å². The smallest absolute Gasteiger partial charge is 0.0931 e. The summed E-state index contributed by atoms with van der Waals surface area (Å²) in [6.07, 6.45) is 9.04. The van der Waals surface area contributed by atoms with E-state index >= 15 is 0 Å². The van der Waals surface area contributed by atoms with E-state index in [-0.39, 0.29) is 6.04 Å². The summed E-state index contributed by atoms with van der Waals surface area (Å²) < 4.78 is 0.841. The molecule has 1 unspecified atom stereocenters. The second-order valence-electron chi connectivity index (χ2n) is 4.30. The average Bonchev–Trinajstić information content (AvgIpc) is 2.70. The highest BCUT2D eigenvalue weighted by molar-refractivity contribution is 7.16. The van der Waals surface area contributed by atoms with Crippen LogP contribution in [0.2, 0.25) is 4.34 Å². The lowest BCUT2D eigenvalue weighted by Crippen LogP contribution is -2.07. The molecule has 1 aromatic rings. The molecule has 92 valence electrons. The molecule has 0 saturated carbocycles. The van der Waals surface area contributed by atoms with Crippen LogP contribution in [0.5, 0.6) is 0 Å².